The Bertz CT molecular complexity index is 779. The van der Waals surface area contributed by atoms with Crippen LogP contribution >= 0.6 is 23.4 Å². The summed E-state index contributed by atoms with van der Waals surface area (Å²) in [4.78, 5) is 21.6. The van der Waals surface area contributed by atoms with Crippen molar-refractivity contribution in [2.45, 2.75) is 18.6 Å². The van der Waals surface area contributed by atoms with E-state index in [9.17, 15) is 4.79 Å². The number of anilines is 1. The summed E-state index contributed by atoms with van der Waals surface area (Å²) in [5.41, 5.74) is 1.40. The van der Waals surface area contributed by atoms with Crippen LogP contribution in [0.25, 0.3) is 5.69 Å². The van der Waals surface area contributed by atoms with Gasteiger partial charge in [0.2, 0.25) is 0 Å². The monoisotopic (exact) mass is 393 g/mol. The number of aromatic nitrogens is 3. The highest BCUT2D eigenvalue weighted by atomic mass is 35.5. The normalized spacial score (nSPS) is 12.5. The van der Waals surface area contributed by atoms with Crippen LogP contribution < -0.4 is 5.32 Å². The van der Waals surface area contributed by atoms with Gasteiger partial charge in [-0.2, -0.15) is 5.10 Å². The van der Waals surface area contributed by atoms with E-state index in [1.165, 1.54) is 7.11 Å². The van der Waals surface area contributed by atoms with Crippen molar-refractivity contribution in [2.75, 3.05) is 18.2 Å². The molecule has 0 saturated heterocycles. The van der Waals surface area contributed by atoms with Gasteiger partial charge in [0.1, 0.15) is 7.11 Å². The predicted molar refractivity (Wildman–Crippen MR) is 106 cm³/mol. The molecule has 0 saturated carbocycles. The molecule has 0 bridgehead atoms. The molecule has 1 unspecified atom stereocenters. The minimum Gasteiger partial charge on any atom is -0.399 e. The first-order chi connectivity index (χ1) is 12.6. The van der Waals surface area contributed by atoms with Gasteiger partial charge in [-0.25, -0.2) is 4.68 Å². The van der Waals surface area contributed by atoms with Crippen LogP contribution in [0.3, 0.4) is 0 Å². The van der Waals surface area contributed by atoms with Gasteiger partial charge in [0, 0.05) is 11.9 Å². The largest absolute Gasteiger partial charge is 0.399 e. The lowest BCUT2D eigenvalue weighted by Gasteiger charge is -2.15. The molecule has 138 valence electrons. The molecule has 1 amide bonds. The van der Waals surface area contributed by atoms with E-state index < -0.39 is 0 Å². The lowest BCUT2D eigenvalue weighted by atomic mass is 10.2. The Morgan fingerprint density at radius 1 is 1.62 bits per heavy atom. The fourth-order valence-electron chi connectivity index (χ4n) is 2.16. The molecule has 9 heteroatoms. The number of thioether (sulfide) groups is 1. The standard InChI is InChI=1S/C17H20ClN5O2S/c1-4-9-26-14(5-2)15(22-25-3)17(24)20-13-11-23(21-16(13)18)12-7-6-8-19-10-12/h4,6-8,10-11,14H,1,5,9H2,2-3H3,(H,20,24). The van der Waals surface area contributed by atoms with Crippen molar-refractivity contribution >= 4 is 40.7 Å². The quantitative estimate of drug-likeness (QED) is 0.400. The summed E-state index contributed by atoms with van der Waals surface area (Å²) in [7, 11) is 1.41. The second-order valence-electron chi connectivity index (χ2n) is 5.12. The van der Waals surface area contributed by atoms with E-state index >= 15 is 0 Å². The molecule has 2 heterocycles. The van der Waals surface area contributed by atoms with Crippen LogP contribution in [0.5, 0.6) is 0 Å². The van der Waals surface area contributed by atoms with Crippen LogP contribution in [0.2, 0.25) is 5.15 Å². The van der Waals surface area contributed by atoms with E-state index in [0.717, 1.165) is 12.1 Å². The first kappa shape index (κ1) is 20.0. The molecule has 0 spiro atoms. The minimum absolute atomic E-state index is 0.125. The van der Waals surface area contributed by atoms with Gasteiger partial charge >= 0.3 is 0 Å². The van der Waals surface area contributed by atoms with Crippen molar-refractivity contribution in [3.63, 3.8) is 0 Å². The van der Waals surface area contributed by atoms with Gasteiger partial charge in [0.05, 0.1) is 29.0 Å². The maximum atomic E-state index is 12.7. The summed E-state index contributed by atoms with van der Waals surface area (Å²) >= 11 is 7.72. The molecule has 1 N–H and O–H groups in total. The fraction of sp³-hybridized carbons (Fsp3) is 0.294. The number of halogens is 1. The Kier molecular flexibility index (Phi) is 7.68. The molecular weight excluding hydrogens is 374 g/mol. The van der Waals surface area contributed by atoms with Crippen LogP contribution in [0.1, 0.15) is 13.3 Å². The van der Waals surface area contributed by atoms with E-state index in [1.54, 1.807) is 47.2 Å². The Hall–Kier alpha value is -2.32. The number of pyridine rings is 1. The third kappa shape index (κ3) is 5.09. The molecular formula is C17H20ClN5O2S. The zero-order valence-electron chi connectivity index (χ0n) is 14.6. The second kappa shape index (κ2) is 9.98. The highest BCUT2D eigenvalue weighted by Crippen LogP contribution is 2.23. The number of hydrogen-bond donors (Lipinski definition) is 1. The molecule has 0 aromatic carbocycles. The average Bonchev–Trinajstić information content (AvgIpc) is 3.02. The van der Waals surface area contributed by atoms with E-state index in [0.29, 0.717) is 11.4 Å². The predicted octanol–water partition coefficient (Wildman–Crippen LogP) is 3.56. The van der Waals surface area contributed by atoms with Crippen molar-refractivity contribution in [3.05, 3.63) is 48.5 Å². The van der Waals surface area contributed by atoms with Gasteiger partial charge in [-0.05, 0) is 18.6 Å². The molecule has 0 radical (unpaired) electrons. The number of oxime groups is 1. The minimum atomic E-state index is -0.386. The van der Waals surface area contributed by atoms with Crippen LogP contribution in [0, 0.1) is 0 Å². The number of nitrogens with zero attached hydrogens (tertiary/aromatic N) is 4. The summed E-state index contributed by atoms with van der Waals surface area (Å²) in [5, 5.41) is 10.9. The van der Waals surface area contributed by atoms with Crippen molar-refractivity contribution in [1.82, 2.24) is 14.8 Å². The maximum absolute atomic E-state index is 12.7. The topological polar surface area (TPSA) is 81.4 Å². The number of rotatable bonds is 9. The van der Waals surface area contributed by atoms with E-state index in [-0.39, 0.29) is 22.0 Å². The van der Waals surface area contributed by atoms with E-state index in [2.05, 4.69) is 27.1 Å². The van der Waals surface area contributed by atoms with Crippen LogP contribution in [0.4, 0.5) is 5.69 Å². The number of amides is 1. The van der Waals surface area contributed by atoms with Gasteiger partial charge in [-0.1, -0.05) is 29.8 Å². The number of carbonyl (C=O) groups excluding carboxylic acids is 1. The molecule has 2 aromatic rings. The Morgan fingerprint density at radius 2 is 2.42 bits per heavy atom. The molecule has 2 rings (SSSR count). The third-order valence-electron chi connectivity index (χ3n) is 3.34. The van der Waals surface area contributed by atoms with Crippen LogP contribution in [-0.2, 0) is 9.63 Å². The molecule has 2 aromatic heterocycles. The average molecular weight is 394 g/mol. The summed E-state index contributed by atoms with van der Waals surface area (Å²) < 4.78 is 1.54. The molecule has 0 aliphatic rings. The maximum Gasteiger partial charge on any atom is 0.274 e. The number of carbonyl (C=O) groups is 1. The van der Waals surface area contributed by atoms with E-state index in [4.69, 9.17) is 16.4 Å². The molecule has 26 heavy (non-hydrogen) atoms. The fourth-order valence-corrected chi connectivity index (χ4v) is 3.25. The van der Waals surface area contributed by atoms with Gasteiger partial charge in [0.25, 0.3) is 5.91 Å². The zero-order valence-corrected chi connectivity index (χ0v) is 16.1. The summed E-state index contributed by atoms with van der Waals surface area (Å²) in [5.74, 6) is 0.316. The highest BCUT2D eigenvalue weighted by Gasteiger charge is 2.24. The Labute approximate surface area is 161 Å². The second-order valence-corrected chi connectivity index (χ2v) is 6.72. The third-order valence-corrected chi connectivity index (χ3v) is 5.01. The van der Waals surface area contributed by atoms with Crippen molar-refractivity contribution in [3.8, 4) is 5.69 Å². The van der Waals surface area contributed by atoms with Crippen LogP contribution in [0.15, 0.2) is 48.5 Å². The zero-order chi connectivity index (χ0) is 18.9. The Balaban J connectivity index is 2.20. The molecule has 1 atom stereocenters. The van der Waals surface area contributed by atoms with Crippen molar-refractivity contribution in [2.24, 2.45) is 5.16 Å². The number of nitrogens with one attached hydrogen (secondary N) is 1. The molecule has 7 nitrogen and oxygen atoms in total. The highest BCUT2D eigenvalue weighted by molar-refractivity contribution is 8.00. The Morgan fingerprint density at radius 3 is 3.04 bits per heavy atom. The SMILES string of the molecule is C=CCSC(CC)C(=NOC)C(=O)Nc1cn(-c2cccnc2)nc1Cl. The summed E-state index contributed by atoms with van der Waals surface area (Å²) in [6.45, 7) is 5.68. The first-order valence-electron chi connectivity index (χ1n) is 7.91. The van der Waals surface area contributed by atoms with Gasteiger partial charge in [0.15, 0.2) is 10.9 Å². The van der Waals surface area contributed by atoms with Crippen molar-refractivity contribution in [1.29, 1.82) is 0 Å². The first-order valence-corrected chi connectivity index (χ1v) is 9.33. The molecule has 0 aliphatic heterocycles. The van der Waals surface area contributed by atoms with E-state index in [1.807, 2.05) is 13.0 Å². The number of hydrogen-bond acceptors (Lipinski definition) is 6. The van der Waals surface area contributed by atoms with Crippen molar-refractivity contribution < 1.29 is 9.63 Å². The van der Waals surface area contributed by atoms with Gasteiger partial charge in [-0.3, -0.25) is 9.78 Å². The smallest absolute Gasteiger partial charge is 0.274 e. The molecule has 0 fully saturated rings. The summed E-state index contributed by atoms with van der Waals surface area (Å²) in [6.07, 6.45) is 7.43. The summed E-state index contributed by atoms with van der Waals surface area (Å²) in [6, 6.07) is 3.62. The molecule has 0 aliphatic carbocycles. The van der Waals surface area contributed by atoms with Gasteiger partial charge < -0.3 is 10.2 Å². The van der Waals surface area contributed by atoms with Gasteiger partial charge in [-0.15, -0.1) is 18.3 Å². The van der Waals surface area contributed by atoms with Crippen LogP contribution in [-0.4, -0.2) is 44.5 Å². The lowest BCUT2D eigenvalue weighted by molar-refractivity contribution is -0.110. The lowest BCUT2D eigenvalue weighted by Crippen LogP contribution is -2.32.